The Morgan fingerprint density at radius 1 is 1.27 bits per heavy atom. The molecule has 0 aliphatic carbocycles. The van der Waals surface area contributed by atoms with Crippen LogP contribution in [0.2, 0.25) is 0 Å². The monoisotopic (exact) mass is 363 g/mol. The Kier molecular flexibility index (Phi) is 7.14. The van der Waals surface area contributed by atoms with Crippen LogP contribution in [-0.2, 0) is 16.1 Å². The number of hydrogen-bond acceptors (Lipinski definition) is 3. The highest BCUT2D eigenvalue weighted by atomic mass is 19.1. The van der Waals surface area contributed by atoms with Gasteiger partial charge in [0.05, 0.1) is 0 Å². The van der Waals surface area contributed by atoms with Gasteiger partial charge >= 0.3 is 0 Å². The summed E-state index contributed by atoms with van der Waals surface area (Å²) in [5.74, 6) is 0.247. The zero-order valence-corrected chi connectivity index (χ0v) is 16.2. The van der Waals surface area contributed by atoms with Gasteiger partial charge in [-0.05, 0) is 23.6 Å². The number of amides is 2. The normalized spacial score (nSPS) is 18.9. The van der Waals surface area contributed by atoms with Crippen molar-refractivity contribution in [2.75, 3.05) is 33.7 Å². The summed E-state index contributed by atoms with van der Waals surface area (Å²) in [6, 6.07) is 6.41. The second-order valence-electron chi connectivity index (χ2n) is 7.55. The van der Waals surface area contributed by atoms with Crippen molar-refractivity contribution >= 4 is 11.8 Å². The lowest BCUT2D eigenvalue weighted by atomic mass is 10.0. The van der Waals surface area contributed by atoms with Gasteiger partial charge in [0.15, 0.2) is 0 Å². The summed E-state index contributed by atoms with van der Waals surface area (Å²) in [7, 11) is 3.52. The number of hydrogen-bond donors (Lipinski definition) is 0. The largest absolute Gasteiger partial charge is 0.349 e. The Balaban J connectivity index is 2.09. The number of rotatable bonds is 6. The molecule has 0 saturated carbocycles. The lowest BCUT2D eigenvalue weighted by Crippen LogP contribution is -2.46. The van der Waals surface area contributed by atoms with Crippen LogP contribution in [0.5, 0.6) is 0 Å². The van der Waals surface area contributed by atoms with E-state index in [9.17, 15) is 14.0 Å². The van der Waals surface area contributed by atoms with Crippen molar-refractivity contribution in [1.29, 1.82) is 0 Å². The molecule has 1 saturated heterocycles. The predicted molar refractivity (Wildman–Crippen MR) is 99.9 cm³/mol. The van der Waals surface area contributed by atoms with Crippen LogP contribution in [0.15, 0.2) is 24.3 Å². The molecule has 1 fully saturated rings. The molecule has 0 spiro atoms. The lowest BCUT2D eigenvalue weighted by Gasteiger charge is -2.35. The highest BCUT2D eigenvalue weighted by Crippen LogP contribution is 2.21. The minimum absolute atomic E-state index is 0.0736. The van der Waals surface area contributed by atoms with E-state index in [0.717, 1.165) is 12.1 Å². The first-order valence-corrected chi connectivity index (χ1v) is 9.24. The highest BCUT2D eigenvalue weighted by molar-refractivity contribution is 5.77. The van der Waals surface area contributed by atoms with Crippen LogP contribution < -0.4 is 0 Å². The first-order valence-electron chi connectivity index (χ1n) is 9.24. The summed E-state index contributed by atoms with van der Waals surface area (Å²) in [5, 5.41) is 0. The van der Waals surface area contributed by atoms with Gasteiger partial charge in [-0.3, -0.25) is 9.59 Å². The van der Waals surface area contributed by atoms with Crippen LogP contribution >= 0.6 is 0 Å². The number of halogens is 1. The molecule has 144 valence electrons. The fourth-order valence-corrected chi connectivity index (χ4v) is 3.28. The van der Waals surface area contributed by atoms with Crippen molar-refractivity contribution in [2.45, 2.75) is 39.3 Å². The van der Waals surface area contributed by atoms with E-state index in [4.69, 9.17) is 0 Å². The second kappa shape index (κ2) is 9.12. The van der Waals surface area contributed by atoms with Gasteiger partial charge in [-0.2, -0.15) is 0 Å². The summed E-state index contributed by atoms with van der Waals surface area (Å²) in [4.78, 5) is 30.4. The van der Waals surface area contributed by atoms with Gasteiger partial charge in [-0.25, -0.2) is 4.39 Å². The Bertz CT molecular complexity index is 616. The maximum atomic E-state index is 13.2. The Morgan fingerprint density at radius 3 is 2.50 bits per heavy atom. The summed E-state index contributed by atoms with van der Waals surface area (Å²) < 4.78 is 13.2. The van der Waals surface area contributed by atoms with E-state index in [0.29, 0.717) is 38.4 Å². The van der Waals surface area contributed by atoms with Gasteiger partial charge in [-0.15, -0.1) is 0 Å². The zero-order chi connectivity index (χ0) is 19.3. The van der Waals surface area contributed by atoms with E-state index in [1.165, 1.54) is 12.1 Å². The summed E-state index contributed by atoms with van der Waals surface area (Å²) >= 11 is 0. The minimum atomic E-state index is -0.270. The van der Waals surface area contributed by atoms with Crippen molar-refractivity contribution in [3.05, 3.63) is 35.6 Å². The van der Waals surface area contributed by atoms with E-state index >= 15 is 0 Å². The second-order valence-corrected chi connectivity index (χ2v) is 7.55. The molecule has 1 atom stereocenters. The summed E-state index contributed by atoms with van der Waals surface area (Å²) in [5.41, 5.74) is 0.932. The highest BCUT2D eigenvalue weighted by Gasteiger charge is 2.31. The van der Waals surface area contributed by atoms with Crippen molar-refractivity contribution in [3.8, 4) is 0 Å². The molecule has 6 heteroatoms. The average molecular weight is 363 g/mol. The van der Waals surface area contributed by atoms with Crippen LogP contribution in [0.3, 0.4) is 0 Å². The van der Waals surface area contributed by atoms with Crippen LogP contribution in [0.25, 0.3) is 0 Å². The van der Waals surface area contributed by atoms with Crippen molar-refractivity contribution in [2.24, 2.45) is 5.92 Å². The van der Waals surface area contributed by atoms with Crippen LogP contribution in [0.4, 0.5) is 4.39 Å². The summed E-state index contributed by atoms with van der Waals surface area (Å²) in [6.45, 7) is 6.81. The molecule has 0 bridgehead atoms. The van der Waals surface area contributed by atoms with Gasteiger partial charge in [0.2, 0.25) is 11.8 Å². The first-order chi connectivity index (χ1) is 12.3. The Labute approximate surface area is 155 Å². The molecule has 26 heavy (non-hydrogen) atoms. The molecule has 1 aliphatic heterocycles. The molecule has 1 aliphatic rings. The summed E-state index contributed by atoms with van der Waals surface area (Å²) in [6.07, 6.45) is 0.907. The predicted octanol–water partition coefficient (Wildman–Crippen LogP) is 2.36. The fraction of sp³-hybridized carbons (Fsp3) is 0.600. The molecule has 0 aromatic heterocycles. The van der Waals surface area contributed by atoms with Gasteiger partial charge < -0.3 is 14.7 Å². The lowest BCUT2D eigenvalue weighted by molar-refractivity contribution is -0.134. The third-order valence-corrected chi connectivity index (χ3v) is 4.98. The Morgan fingerprint density at radius 2 is 1.92 bits per heavy atom. The zero-order valence-electron chi connectivity index (χ0n) is 16.2. The van der Waals surface area contributed by atoms with Crippen LogP contribution in [-0.4, -0.2) is 66.3 Å². The first kappa shape index (κ1) is 20.4. The van der Waals surface area contributed by atoms with Crippen molar-refractivity contribution in [1.82, 2.24) is 14.7 Å². The number of carbonyl (C=O) groups excluding carboxylic acids is 2. The smallest absolute Gasteiger partial charge is 0.224 e. The quantitative estimate of drug-likeness (QED) is 0.779. The van der Waals surface area contributed by atoms with Gasteiger partial charge in [0, 0.05) is 59.2 Å². The number of nitrogens with zero attached hydrogens (tertiary/aromatic N) is 3. The van der Waals surface area contributed by atoms with E-state index in [2.05, 4.69) is 18.7 Å². The average Bonchev–Trinajstić information content (AvgIpc) is 2.74. The van der Waals surface area contributed by atoms with Crippen molar-refractivity contribution in [3.63, 3.8) is 0 Å². The van der Waals surface area contributed by atoms with Gasteiger partial charge in [0.25, 0.3) is 0 Å². The topological polar surface area (TPSA) is 43.9 Å². The van der Waals surface area contributed by atoms with E-state index < -0.39 is 0 Å². The molecular formula is C20H30FN3O2. The van der Waals surface area contributed by atoms with Gasteiger partial charge in [-0.1, -0.05) is 26.0 Å². The molecule has 2 rings (SSSR count). The number of benzene rings is 1. The molecule has 2 amide bonds. The Hall–Kier alpha value is -1.95. The molecule has 5 nitrogen and oxygen atoms in total. The molecule has 1 aromatic carbocycles. The van der Waals surface area contributed by atoms with Gasteiger partial charge in [0.1, 0.15) is 5.82 Å². The maximum absolute atomic E-state index is 13.2. The SMILES string of the molecule is CC(C)[C@@H]1CN(CCC(=O)N(C)C)CCC(=O)N1Cc1ccc(F)cc1. The molecule has 0 unspecified atom stereocenters. The maximum Gasteiger partial charge on any atom is 0.224 e. The van der Waals surface area contributed by atoms with E-state index in [-0.39, 0.29) is 23.7 Å². The molecular weight excluding hydrogens is 333 g/mol. The molecule has 1 aromatic rings. The fourth-order valence-electron chi connectivity index (χ4n) is 3.28. The molecule has 1 heterocycles. The van der Waals surface area contributed by atoms with Crippen molar-refractivity contribution < 1.29 is 14.0 Å². The van der Waals surface area contributed by atoms with Crippen LogP contribution in [0, 0.1) is 11.7 Å². The van der Waals surface area contributed by atoms with E-state index in [1.54, 1.807) is 31.1 Å². The van der Waals surface area contributed by atoms with E-state index in [1.807, 2.05) is 4.90 Å². The minimum Gasteiger partial charge on any atom is -0.349 e. The molecule has 0 radical (unpaired) electrons. The van der Waals surface area contributed by atoms with Crippen LogP contribution in [0.1, 0.15) is 32.3 Å². The third kappa shape index (κ3) is 5.53. The standard InChI is InChI=1S/C20H30FN3O2/c1-15(2)18-14-23(11-9-19(25)22(3)4)12-10-20(26)24(18)13-16-5-7-17(21)8-6-16/h5-8,15,18H,9-14H2,1-4H3/t18-/m0/s1. The number of carbonyl (C=O) groups is 2. The molecule has 0 N–H and O–H groups in total. The third-order valence-electron chi connectivity index (χ3n) is 4.98.